The summed E-state index contributed by atoms with van der Waals surface area (Å²) in [6.45, 7) is 3.41. The lowest BCUT2D eigenvalue weighted by molar-refractivity contribution is -0.147. The molecule has 2 N–H and O–H groups in total. The molecule has 0 aliphatic rings. The summed E-state index contributed by atoms with van der Waals surface area (Å²) in [7, 11) is -6.41. The molecule has 0 radical (unpaired) electrons. The number of amides is 1. The van der Waals surface area contributed by atoms with Crippen LogP contribution in [0.5, 0.6) is 5.75 Å². The van der Waals surface area contributed by atoms with Crippen LogP contribution < -0.4 is 10.6 Å². The van der Waals surface area contributed by atoms with Gasteiger partial charge in [0.25, 0.3) is 5.91 Å². The zero-order valence-electron chi connectivity index (χ0n) is 25.9. The van der Waals surface area contributed by atoms with Crippen molar-refractivity contribution in [2.24, 2.45) is 0 Å². The fourth-order valence-electron chi connectivity index (χ4n) is 4.72. The molecular formula is C35H34Cl2NO7PS. The molecule has 0 saturated carbocycles. The molecule has 4 rings (SSSR count). The number of phenolic OH excluding ortho intramolecular Hbond substituents is 1. The first-order chi connectivity index (χ1) is 22.1. The largest absolute Gasteiger partial charge is 0.508 e. The summed E-state index contributed by atoms with van der Waals surface area (Å²) in [5.74, 6) is -1.43. The molecule has 2 unspecified atom stereocenters. The smallest absolute Gasteiger partial charge is 0.329 e. The van der Waals surface area contributed by atoms with E-state index >= 15 is 0 Å². The molecule has 1 amide bonds. The van der Waals surface area contributed by atoms with Crippen LogP contribution in [-0.4, -0.2) is 50.0 Å². The molecular weight excluding hydrogens is 680 g/mol. The number of carbonyl (C=O) groups is 2. The van der Waals surface area contributed by atoms with Gasteiger partial charge in [-0.05, 0) is 59.8 Å². The van der Waals surface area contributed by atoms with Gasteiger partial charge < -0.3 is 19.7 Å². The van der Waals surface area contributed by atoms with Crippen LogP contribution >= 0.6 is 30.3 Å². The summed E-state index contributed by atoms with van der Waals surface area (Å²) in [5.41, 5.74) is 1.32. The Balaban J connectivity index is 1.56. The Labute approximate surface area is 284 Å². The van der Waals surface area contributed by atoms with Crippen molar-refractivity contribution in [3.8, 4) is 5.75 Å². The summed E-state index contributed by atoms with van der Waals surface area (Å²) in [6.07, 6.45) is 4.46. The molecule has 0 aromatic heterocycles. The molecule has 0 aliphatic heterocycles. The number of benzene rings is 4. The minimum Gasteiger partial charge on any atom is -0.508 e. The third kappa shape index (κ3) is 9.58. The normalized spacial score (nSPS) is 14.2. The number of sulfone groups is 1. The Morgan fingerprint density at radius 2 is 1.57 bits per heavy atom. The van der Waals surface area contributed by atoms with Crippen LogP contribution in [0, 0.1) is 0 Å². The van der Waals surface area contributed by atoms with Crippen molar-refractivity contribution in [2.45, 2.75) is 36.5 Å². The van der Waals surface area contributed by atoms with Crippen LogP contribution in [0.15, 0.2) is 102 Å². The van der Waals surface area contributed by atoms with Crippen molar-refractivity contribution in [3.63, 3.8) is 0 Å². The number of hydrogen-bond acceptors (Lipinski definition) is 7. The second kappa shape index (κ2) is 15.3. The number of esters is 1. The predicted molar refractivity (Wildman–Crippen MR) is 187 cm³/mol. The van der Waals surface area contributed by atoms with Gasteiger partial charge in [0.15, 0.2) is 9.84 Å². The minimum absolute atomic E-state index is 0.0189. The van der Waals surface area contributed by atoms with Crippen LogP contribution in [0.25, 0.3) is 6.08 Å². The average molecular weight is 715 g/mol. The van der Waals surface area contributed by atoms with E-state index in [1.165, 1.54) is 36.4 Å². The lowest BCUT2D eigenvalue weighted by Crippen LogP contribution is -2.43. The maximum Gasteiger partial charge on any atom is 0.329 e. The number of aromatic hydroxyl groups is 1. The van der Waals surface area contributed by atoms with Gasteiger partial charge in [0.2, 0.25) is 0 Å². The molecule has 0 saturated heterocycles. The number of hydrogen-bond donors (Lipinski definition) is 2. The average Bonchev–Trinajstić information content (AvgIpc) is 3.02. The first kappa shape index (κ1) is 36.0. The molecule has 0 heterocycles. The zero-order chi connectivity index (χ0) is 34.4. The molecule has 0 bridgehead atoms. The summed E-state index contributed by atoms with van der Waals surface area (Å²) < 4.78 is 43.3. The molecule has 12 heteroatoms. The monoisotopic (exact) mass is 713 g/mol. The summed E-state index contributed by atoms with van der Waals surface area (Å²) in [5, 5.41) is 13.1. The quantitative estimate of drug-likeness (QED) is 0.121. The van der Waals surface area contributed by atoms with E-state index in [4.69, 9.17) is 27.9 Å². The van der Waals surface area contributed by atoms with Gasteiger partial charge in [-0.15, -0.1) is 0 Å². The van der Waals surface area contributed by atoms with Crippen molar-refractivity contribution >= 4 is 63.4 Å². The predicted octanol–water partition coefficient (Wildman–Crippen LogP) is 6.91. The second-order valence-electron chi connectivity index (χ2n) is 11.2. The maximum atomic E-state index is 13.5. The van der Waals surface area contributed by atoms with Gasteiger partial charge in [0.05, 0.1) is 20.5 Å². The van der Waals surface area contributed by atoms with Crippen LogP contribution in [-0.2, 0) is 37.0 Å². The molecule has 0 aliphatic carbocycles. The Hall–Kier alpha value is -3.88. The van der Waals surface area contributed by atoms with Gasteiger partial charge in [-0.25, -0.2) is 13.2 Å². The van der Waals surface area contributed by atoms with E-state index in [1.54, 1.807) is 74.3 Å². The highest BCUT2D eigenvalue weighted by molar-refractivity contribution is 7.90. The van der Waals surface area contributed by atoms with E-state index in [9.17, 15) is 27.7 Å². The van der Waals surface area contributed by atoms with Crippen LogP contribution in [0.3, 0.4) is 0 Å². The summed E-state index contributed by atoms with van der Waals surface area (Å²) in [6, 6.07) is 23.3. The van der Waals surface area contributed by atoms with Crippen LogP contribution in [0.1, 0.15) is 34.0 Å². The number of nitrogens with one attached hydrogen (secondary N) is 1. The van der Waals surface area contributed by atoms with Gasteiger partial charge in [-0.2, -0.15) is 0 Å². The zero-order valence-corrected chi connectivity index (χ0v) is 29.1. The van der Waals surface area contributed by atoms with Crippen LogP contribution in [0.2, 0.25) is 10.0 Å². The van der Waals surface area contributed by atoms with Crippen molar-refractivity contribution in [2.75, 3.05) is 12.9 Å². The first-order valence-electron chi connectivity index (χ1n) is 14.5. The Kier molecular flexibility index (Phi) is 11.7. The highest BCUT2D eigenvalue weighted by atomic mass is 35.5. The van der Waals surface area contributed by atoms with Gasteiger partial charge in [-0.1, -0.05) is 96.9 Å². The number of allylic oxidation sites excluding steroid dienone is 1. The van der Waals surface area contributed by atoms with E-state index in [0.29, 0.717) is 16.4 Å². The number of rotatable bonds is 12. The third-order valence-corrected chi connectivity index (χ3v) is 12.3. The maximum absolute atomic E-state index is 13.5. The molecule has 47 heavy (non-hydrogen) atoms. The van der Waals surface area contributed by atoms with Gasteiger partial charge >= 0.3 is 5.97 Å². The Bertz CT molecular complexity index is 1940. The molecule has 4 aromatic carbocycles. The van der Waals surface area contributed by atoms with E-state index in [1.807, 2.05) is 6.07 Å². The fraction of sp³-hybridized carbons (Fsp3) is 0.200. The van der Waals surface area contributed by atoms with Crippen LogP contribution in [0.4, 0.5) is 0 Å². The van der Waals surface area contributed by atoms with E-state index in [-0.39, 0.29) is 39.3 Å². The fourth-order valence-corrected chi connectivity index (χ4v) is 7.74. The van der Waals surface area contributed by atoms with E-state index < -0.39 is 40.6 Å². The lowest BCUT2D eigenvalue weighted by Gasteiger charge is -2.20. The molecule has 4 aromatic rings. The molecule has 8 nitrogen and oxygen atoms in total. The van der Waals surface area contributed by atoms with Gasteiger partial charge in [0.1, 0.15) is 25.5 Å². The SMILES string of the molecule is CC(/C=C/c1cc(Cl)c(C(=O)N[C@@H](Cc2cccc(S(C)(=O)=O)c2)C(=O)OCc2ccccc2)c(Cl)c1)P(C)(=O)c1cccc(O)c1. The number of phenols is 1. The summed E-state index contributed by atoms with van der Waals surface area (Å²) in [4.78, 5) is 26.9. The second-order valence-corrected chi connectivity index (χ2v) is 17.4. The third-order valence-electron chi connectivity index (χ3n) is 7.56. The standard InChI is InChI=1S/C35H34Cl2NO7PS/c1-23(46(2,42)28-13-8-12-27(39)21-28)15-16-26-18-30(36)33(31(37)19-26)34(40)38-32(35(41)45-22-24-9-5-4-6-10-24)20-25-11-7-14-29(17-25)47(3,43)44/h4-19,21,23,32,39H,20,22H2,1-3H3,(H,38,40)/b16-15+/t23?,32-,46?/m0/s1. The Morgan fingerprint density at radius 1 is 0.936 bits per heavy atom. The van der Waals surface area contributed by atoms with E-state index in [2.05, 4.69) is 5.32 Å². The molecule has 246 valence electrons. The lowest BCUT2D eigenvalue weighted by atomic mass is 10.0. The highest BCUT2D eigenvalue weighted by Gasteiger charge is 2.27. The van der Waals surface area contributed by atoms with Crippen molar-refractivity contribution in [3.05, 3.63) is 129 Å². The highest BCUT2D eigenvalue weighted by Crippen LogP contribution is 2.46. The molecule has 0 spiro atoms. The van der Waals surface area contributed by atoms with Crippen molar-refractivity contribution in [1.29, 1.82) is 0 Å². The topological polar surface area (TPSA) is 127 Å². The molecule has 0 fully saturated rings. The first-order valence-corrected chi connectivity index (χ1v) is 19.4. The van der Waals surface area contributed by atoms with Crippen molar-refractivity contribution < 1.29 is 32.4 Å². The van der Waals surface area contributed by atoms with Gasteiger partial charge in [0, 0.05) is 23.6 Å². The van der Waals surface area contributed by atoms with Gasteiger partial charge in [-0.3, -0.25) is 4.79 Å². The Morgan fingerprint density at radius 3 is 2.21 bits per heavy atom. The summed E-state index contributed by atoms with van der Waals surface area (Å²) >= 11 is 13.1. The number of halogens is 2. The van der Waals surface area contributed by atoms with E-state index in [0.717, 1.165) is 11.8 Å². The number of carbonyl (C=O) groups excluding carboxylic acids is 2. The van der Waals surface area contributed by atoms with Crippen molar-refractivity contribution in [1.82, 2.24) is 5.32 Å². The minimum atomic E-state index is -3.51. The molecule has 3 atom stereocenters. The number of ether oxygens (including phenoxy) is 1.